The van der Waals surface area contributed by atoms with Crippen molar-refractivity contribution in [1.82, 2.24) is 0 Å². The van der Waals surface area contributed by atoms with Gasteiger partial charge in [-0.15, -0.1) is 0 Å². The van der Waals surface area contributed by atoms with E-state index in [0.717, 1.165) is 6.07 Å². The van der Waals surface area contributed by atoms with E-state index in [9.17, 15) is 9.18 Å². The molecule has 0 saturated carbocycles. The second-order valence-corrected chi connectivity index (χ2v) is 5.37. The molecule has 0 aliphatic carbocycles. The third-order valence-corrected chi connectivity index (χ3v) is 3.67. The van der Waals surface area contributed by atoms with Gasteiger partial charge >= 0.3 is 0 Å². The third-order valence-electron chi connectivity index (χ3n) is 3.08. The van der Waals surface area contributed by atoms with Gasteiger partial charge in [-0.25, -0.2) is 4.39 Å². The minimum atomic E-state index is -0.498. The van der Waals surface area contributed by atoms with Crippen LogP contribution in [0.15, 0.2) is 36.4 Å². The first-order chi connectivity index (χ1) is 11.0. The summed E-state index contributed by atoms with van der Waals surface area (Å²) in [5.74, 6) is 0.0224. The van der Waals surface area contributed by atoms with Crippen LogP contribution < -0.4 is 9.47 Å². The van der Waals surface area contributed by atoms with Crippen LogP contribution in [-0.2, 0) is 0 Å². The molecule has 2 aromatic carbocycles. The van der Waals surface area contributed by atoms with E-state index in [0.29, 0.717) is 22.1 Å². The van der Waals surface area contributed by atoms with Gasteiger partial charge in [0.05, 0.1) is 24.3 Å². The number of carbonyl (C=O) groups is 1. The molecule has 0 amide bonds. The molecule has 0 aliphatic heterocycles. The summed E-state index contributed by atoms with van der Waals surface area (Å²) in [6.07, 6.45) is 2.90. The molecule has 0 aliphatic rings. The highest BCUT2D eigenvalue weighted by molar-refractivity contribution is 6.34. The van der Waals surface area contributed by atoms with Crippen molar-refractivity contribution in [3.8, 4) is 11.5 Å². The summed E-state index contributed by atoms with van der Waals surface area (Å²) in [6, 6.07) is 6.93. The maximum Gasteiger partial charge on any atom is 0.187 e. The zero-order chi connectivity index (χ0) is 17.0. The standard InChI is InChI=1S/C17H13Cl2FO3/c1-22-16-8-10(7-14(19)17(16)23-2)3-6-15(21)12-5-4-11(20)9-13(12)18/h3-9H,1-2H3/b6-3+. The number of allylic oxidation sites excluding steroid dienone is 1. The zero-order valence-electron chi connectivity index (χ0n) is 12.4. The largest absolute Gasteiger partial charge is 0.493 e. The molecule has 0 atom stereocenters. The van der Waals surface area contributed by atoms with Crippen molar-refractivity contribution in [3.63, 3.8) is 0 Å². The summed E-state index contributed by atoms with van der Waals surface area (Å²) in [4.78, 5) is 12.1. The Balaban J connectivity index is 2.29. The average molecular weight is 355 g/mol. The highest BCUT2D eigenvalue weighted by Crippen LogP contribution is 2.36. The summed E-state index contributed by atoms with van der Waals surface area (Å²) in [7, 11) is 2.98. The molecule has 23 heavy (non-hydrogen) atoms. The molecule has 3 nitrogen and oxygen atoms in total. The van der Waals surface area contributed by atoms with Gasteiger partial charge in [0.2, 0.25) is 0 Å². The van der Waals surface area contributed by atoms with Crippen LogP contribution >= 0.6 is 23.2 Å². The van der Waals surface area contributed by atoms with Crippen molar-refractivity contribution < 1.29 is 18.7 Å². The Morgan fingerprint density at radius 1 is 1.09 bits per heavy atom. The number of ketones is 1. The maximum absolute atomic E-state index is 13.0. The summed E-state index contributed by atoms with van der Waals surface area (Å²) in [6.45, 7) is 0. The Hall–Kier alpha value is -2.04. The molecule has 0 fully saturated rings. The Kier molecular flexibility index (Phi) is 5.64. The van der Waals surface area contributed by atoms with Crippen molar-refractivity contribution in [1.29, 1.82) is 0 Å². The summed E-state index contributed by atoms with van der Waals surface area (Å²) >= 11 is 12.0. The van der Waals surface area contributed by atoms with Crippen LogP contribution in [0.2, 0.25) is 10.0 Å². The predicted octanol–water partition coefficient (Wildman–Crippen LogP) is 5.05. The van der Waals surface area contributed by atoms with Gasteiger partial charge in [-0.1, -0.05) is 29.3 Å². The molecule has 120 valence electrons. The van der Waals surface area contributed by atoms with Gasteiger partial charge in [-0.3, -0.25) is 4.79 Å². The number of hydrogen-bond donors (Lipinski definition) is 0. The number of ether oxygens (including phenoxy) is 2. The first kappa shape index (κ1) is 17.3. The van der Waals surface area contributed by atoms with Crippen LogP contribution in [0.3, 0.4) is 0 Å². The van der Waals surface area contributed by atoms with Gasteiger partial charge in [0.15, 0.2) is 17.3 Å². The lowest BCUT2D eigenvalue weighted by atomic mass is 10.1. The molecule has 6 heteroatoms. The Morgan fingerprint density at radius 2 is 1.83 bits per heavy atom. The molecule has 0 spiro atoms. The molecule has 0 bridgehead atoms. The highest BCUT2D eigenvalue weighted by atomic mass is 35.5. The van der Waals surface area contributed by atoms with Gasteiger partial charge in [0.25, 0.3) is 0 Å². The first-order valence-electron chi connectivity index (χ1n) is 6.55. The highest BCUT2D eigenvalue weighted by Gasteiger charge is 2.11. The van der Waals surface area contributed by atoms with Crippen LogP contribution in [0.25, 0.3) is 6.08 Å². The minimum Gasteiger partial charge on any atom is -0.493 e. The fourth-order valence-electron chi connectivity index (χ4n) is 1.99. The van der Waals surface area contributed by atoms with E-state index in [1.54, 1.807) is 18.2 Å². The molecule has 0 aromatic heterocycles. The summed E-state index contributed by atoms with van der Waals surface area (Å²) < 4.78 is 23.3. The smallest absolute Gasteiger partial charge is 0.187 e. The Bertz CT molecular complexity index is 773. The van der Waals surface area contributed by atoms with Crippen LogP contribution in [0.4, 0.5) is 4.39 Å². The fourth-order valence-corrected chi connectivity index (χ4v) is 2.54. The summed E-state index contributed by atoms with van der Waals surface area (Å²) in [5, 5.41) is 0.420. The lowest BCUT2D eigenvalue weighted by Crippen LogP contribution is -1.96. The number of carbonyl (C=O) groups excluding carboxylic acids is 1. The number of halogens is 3. The molecular weight excluding hydrogens is 342 g/mol. The molecule has 2 aromatic rings. The molecule has 0 radical (unpaired) electrons. The monoisotopic (exact) mass is 354 g/mol. The number of hydrogen-bond acceptors (Lipinski definition) is 3. The minimum absolute atomic E-state index is 0.0602. The van der Waals surface area contributed by atoms with E-state index in [-0.39, 0.29) is 16.4 Å². The van der Waals surface area contributed by atoms with Crippen molar-refractivity contribution in [2.24, 2.45) is 0 Å². The molecule has 2 rings (SSSR count). The Labute approximate surface area is 143 Å². The van der Waals surface area contributed by atoms with Crippen LogP contribution in [0, 0.1) is 5.82 Å². The molecule has 0 saturated heterocycles. The van der Waals surface area contributed by atoms with E-state index >= 15 is 0 Å². The van der Waals surface area contributed by atoms with Gasteiger partial charge < -0.3 is 9.47 Å². The van der Waals surface area contributed by atoms with Crippen molar-refractivity contribution in [2.75, 3.05) is 14.2 Å². The van der Waals surface area contributed by atoms with Gasteiger partial charge in [0, 0.05) is 5.56 Å². The number of methoxy groups -OCH3 is 2. The van der Waals surface area contributed by atoms with Crippen molar-refractivity contribution >= 4 is 35.1 Å². The summed E-state index contributed by atoms with van der Waals surface area (Å²) in [5.41, 5.74) is 0.870. The molecule has 0 unspecified atom stereocenters. The van der Waals surface area contributed by atoms with Gasteiger partial charge in [-0.05, 0) is 42.0 Å². The normalized spacial score (nSPS) is 10.8. The first-order valence-corrected chi connectivity index (χ1v) is 7.31. The van der Waals surface area contributed by atoms with Crippen LogP contribution in [0.5, 0.6) is 11.5 Å². The topological polar surface area (TPSA) is 35.5 Å². The van der Waals surface area contributed by atoms with Crippen LogP contribution in [-0.4, -0.2) is 20.0 Å². The van der Waals surface area contributed by atoms with Crippen molar-refractivity contribution in [3.05, 3.63) is 63.4 Å². The predicted molar refractivity (Wildman–Crippen MR) is 89.3 cm³/mol. The van der Waals surface area contributed by atoms with Gasteiger partial charge in [0.1, 0.15) is 5.82 Å². The van der Waals surface area contributed by atoms with Crippen molar-refractivity contribution in [2.45, 2.75) is 0 Å². The lowest BCUT2D eigenvalue weighted by Gasteiger charge is -2.10. The van der Waals surface area contributed by atoms with E-state index in [4.69, 9.17) is 32.7 Å². The fraction of sp³-hybridized carbons (Fsp3) is 0.118. The van der Waals surface area contributed by atoms with E-state index in [1.807, 2.05) is 0 Å². The number of rotatable bonds is 5. The van der Waals surface area contributed by atoms with E-state index in [2.05, 4.69) is 0 Å². The SMILES string of the molecule is COc1cc(/C=C/C(=O)c2ccc(F)cc2Cl)cc(Cl)c1OC. The third kappa shape index (κ3) is 4.03. The lowest BCUT2D eigenvalue weighted by molar-refractivity contribution is 0.104. The second kappa shape index (κ2) is 7.49. The van der Waals surface area contributed by atoms with E-state index in [1.165, 1.54) is 32.4 Å². The number of benzene rings is 2. The molecular formula is C17H13Cl2FO3. The van der Waals surface area contributed by atoms with Gasteiger partial charge in [-0.2, -0.15) is 0 Å². The quantitative estimate of drug-likeness (QED) is 0.556. The van der Waals surface area contributed by atoms with Crippen LogP contribution in [0.1, 0.15) is 15.9 Å². The average Bonchev–Trinajstić information content (AvgIpc) is 2.51. The molecule has 0 heterocycles. The second-order valence-electron chi connectivity index (χ2n) is 4.56. The molecule has 0 N–H and O–H groups in total. The maximum atomic E-state index is 13.0. The zero-order valence-corrected chi connectivity index (χ0v) is 13.9. The van der Waals surface area contributed by atoms with E-state index < -0.39 is 5.82 Å². The Morgan fingerprint density at radius 3 is 2.43 bits per heavy atom.